The number of nitrogens with zero attached hydrogens (tertiary/aromatic N) is 1. The lowest BCUT2D eigenvalue weighted by molar-refractivity contribution is -0.138. The molecular formula is C20H30N2O3. The number of nitrogens with one attached hydrogen (secondary N) is 1. The van der Waals surface area contributed by atoms with Crippen molar-refractivity contribution >= 4 is 11.7 Å². The Morgan fingerprint density at radius 1 is 1.32 bits per heavy atom. The van der Waals surface area contributed by atoms with E-state index in [1.165, 1.54) is 51.4 Å². The van der Waals surface area contributed by atoms with Gasteiger partial charge in [0.15, 0.2) is 5.76 Å². The summed E-state index contributed by atoms with van der Waals surface area (Å²) < 4.78 is 0. The number of carboxylic acids is 1. The van der Waals surface area contributed by atoms with Crippen molar-refractivity contribution in [2.45, 2.75) is 76.7 Å². The van der Waals surface area contributed by atoms with E-state index >= 15 is 0 Å². The molecule has 2 fully saturated rings. The summed E-state index contributed by atoms with van der Waals surface area (Å²) >= 11 is 0. The van der Waals surface area contributed by atoms with E-state index < -0.39 is 5.97 Å². The van der Waals surface area contributed by atoms with Crippen molar-refractivity contribution in [1.29, 1.82) is 0 Å². The summed E-state index contributed by atoms with van der Waals surface area (Å²) in [6, 6.07) is 0.626. The normalized spacial score (nSPS) is 22.1. The molecule has 3 rings (SSSR count). The zero-order valence-electron chi connectivity index (χ0n) is 15.0. The molecule has 2 aliphatic carbocycles. The summed E-state index contributed by atoms with van der Waals surface area (Å²) in [7, 11) is 0. The second-order valence-corrected chi connectivity index (χ2v) is 7.71. The Morgan fingerprint density at radius 2 is 2.12 bits per heavy atom. The molecule has 0 aromatic rings. The summed E-state index contributed by atoms with van der Waals surface area (Å²) in [5.41, 5.74) is 3.97. The van der Waals surface area contributed by atoms with Gasteiger partial charge in [-0.15, -0.1) is 0 Å². The Labute approximate surface area is 150 Å². The van der Waals surface area contributed by atoms with Crippen LogP contribution in [0, 0.1) is 11.8 Å². The van der Waals surface area contributed by atoms with Crippen molar-refractivity contribution in [3.63, 3.8) is 0 Å². The maximum Gasteiger partial charge on any atom is 0.304 e. The minimum absolute atomic E-state index is 0.0893. The Hall–Kier alpha value is -1.58. The molecule has 2 N–H and O–H groups in total. The molecule has 3 aliphatic rings. The van der Waals surface area contributed by atoms with Crippen LogP contribution in [-0.4, -0.2) is 29.4 Å². The van der Waals surface area contributed by atoms with E-state index in [0.717, 1.165) is 24.5 Å². The molecule has 25 heavy (non-hydrogen) atoms. The molecule has 0 amide bonds. The quantitative estimate of drug-likeness (QED) is 0.586. The number of rotatable bonds is 10. The third-order valence-electron chi connectivity index (χ3n) is 5.47. The number of aliphatic carboxylic acids is 1. The fraction of sp³-hybridized carbons (Fsp3) is 0.750. The lowest BCUT2D eigenvalue weighted by Crippen LogP contribution is -2.25. The van der Waals surface area contributed by atoms with E-state index in [0.29, 0.717) is 18.3 Å². The van der Waals surface area contributed by atoms with Gasteiger partial charge in [-0.2, -0.15) is 0 Å². The summed E-state index contributed by atoms with van der Waals surface area (Å²) in [6.45, 7) is 0.691. The average molecular weight is 346 g/mol. The first-order valence-electron chi connectivity index (χ1n) is 9.86. The summed E-state index contributed by atoms with van der Waals surface area (Å²) in [4.78, 5) is 16.7. The van der Waals surface area contributed by atoms with Crippen LogP contribution in [0.3, 0.4) is 0 Å². The number of carboxylic acid groups (broad SMARTS) is 1. The molecule has 0 aromatic heterocycles. The Balaban J connectivity index is 1.49. The van der Waals surface area contributed by atoms with Crippen molar-refractivity contribution in [2.24, 2.45) is 17.0 Å². The SMILES string of the molecule is O=C(O)C[C@@H](CCCC1CCCCC1)C1=C=CC(CNC2CC2)=NO1. The molecule has 0 spiro atoms. The van der Waals surface area contributed by atoms with Crippen LogP contribution < -0.4 is 5.32 Å². The zero-order valence-corrected chi connectivity index (χ0v) is 15.0. The summed E-state index contributed by atoms with van der Waals surface area (Å²) in [5.74, 6) is 0.500. The Morgan fingerprint density at radius 3 is 2.76 bits per heavy atom. The molecule has 0 bridgehead atoms. The first-order valence-corrected chi connectivity index (χ1v) is 9.86. The van der Waals surface area contributed by atoms with Crippen molar-refractivity contribution < 1.29 is 14.7 Å². The standard InChI is InChI=1S/C20H30N2O3/c23-20(24)13-16(8-4-7-15-5-2-1-3-6-15)19-12-11-18(22-25-19)14-21-17-9-10-17/h11,15-17,21H,1-10,13-14H2,(H,23,24)/t16-/m1/s1. The number of oxime groups is 1. The van der Waals surface area contributed by atoms with Crippen LogP contribution in [0.25, 0.3) is 0 Å². The van der Waals surface area contributed by atoms with Gasteiger partial charge in [-0.1, -0.05) is 55.8 Å². The van der Waals surface area contributed by atoms with Crippen molar-refractivity contribution in [3.8, 4) is 0 Å². The van der Waals surface area contributed by atoms with Crippen LogP contribution >= 0.6 is 0 Å². The van der Waals surface area contributed by atoms with E-state index in [1.54, 1.807) is 0 Å². The molecule has 1 heterocycles. The Kier molecular flexibility index (Phi) is 6.71. The molecule has 0 aromatic carbocycles. The van der Waals surface area contributed by atoms with Crippen molar-refractivity contribution in [2.75, 3.05) is 6.54 Å². The van der Waals surface area contributed by atoms with Gasteiger partial charge in [0.1, 0.15) is 5.71 Å². The molecule has 0 unspecified atom stereocenters. The predicted octanol–water partition coefficient (Wildman–Crippen LogP) is 4.01. The number of hydrogen-bond acceptors (Lipinski definition) is 4. The third-order valence-corrected chi connectivity index (χ3v) is 5.47. The van der Waals surface area contributed by atoms with Crippen molar-refractivity contribution in [3.05, 3.63) is 17.6 Å². The highest BCUT2D eigenvalue weighted by Crippen LogP contribution is 2.30. The van der Waals surface area contributed by atoms with Crippen LogP contribution in [-0.2, 0) is 9.63 Å². The van der Waals surface area contributed by atoms with Crippen LogP contribution in [0.2, 0.25) is 0 Å². The maximum atomic E-state index is 11.2. The lowest BCUT2D eigenvalue weighted by atomic mass is 9.84. The van der Waals surface area contributed by atoms with Gasteiger partial charge >= 0.3 is 5.97 Å². The minimum Gasteiger partial charge on any atom is -0.481 e. The number of carbonyl (C=O) groups is 1. The van der Waals surface area contributed by atoms with E-state index in [9.17, 15) is 9.90 Å². The van der Waals surface area contributed by atoms with Gasteiger partial charge in [0, 0.05) is 24.6 Å². The smallest absolute Gasteiger partial charge is 0.304 e. The fourth-order valence-corrected chi connectivity index (χ4v) is 3.79. The zero-order chi connectivity index (χ0) is 17.5. The first-order chi connectivity index (χ1) is 12.2. The highest BCUT2D eigenvalue weighted by molar-refractivity contribution is 5.96. The van der Waals surface area contributed by atoms with E-state index in [1.807, 2.05) is 6.08 Å². The minimum atomic E-state index is -0.786. The van der Waals surface area contributed by atoms with Gasteiger partial charge in [0.05, 0.1) is 6.42 Å². The third kappa shape index (κ3) is 6.33. The molecule has 2 saturated carbocycles. The molecule has 1 atom stereocenters. The fourth-order valence-electron chi connectivity index (χ4n) is 3.79. The molecule has 138 valence electrons. The summed E-state index contributed by atoms with van der Waals surface area (Å²) in [6.07, 6.45) is 14.2. The Bertz CT molecular complexity index is 553. The van der Waals surface area contributed by atoms with Gasteiger partial charge < -0.3 is 15.3 Å². The van der Waals surface area contributed by atoms with Crippen LogP contribution in [0.1, 0.15) is 70.6 Å². The van der Waals surface area contributed by atoms with Gasteiger partial charge in [-0.05, 0) is 25.2 Å². The van der Waals surface area contributed by atoms with Gasteiger partial charge in [0.2, 0.25) is 0 Å². The first kappa shape index (κ1) is 18.2. The molecule has 0 radical (unpaired) electrons. The van der Waals surface area contributed by atoms with E-state index in [4.69, 9.17) is 4.84 Å². The maximum absolute atomic E-state index is 11.2. The summed E-state index contributed by atoms with van der Waals surface area (Å²) in [5, 5.41) is 16.7. The molecule has 5 nitrogen and oxygen atoms in total. The highest BCUT2D eigenvalue weighted by Gasteiger charge is 2.24. The predicted molar refractivity (Wildman–Crippen MR) is 97.3 cm³/mol. The van der Waals surface area contributed by atoms with Crippen LogP contribution in [0.15, 0.2) is 22.7 Å². The van der Waals surface area contributed by atoms with Gasteiger partial charge in [0.25, 0.3) is 0 Å². The molecule has 0 saturated heterocycles. The highest BCUT2D eigenvalue weighted by atomic mass is 16.6. The van der Waals surface area contributed by atoms with Gasteiger partial charge in [-0.25, -0.2) is 0 Å². The topological polar surface area (TPSA) is 70.9 Å². The monoisotopic (exact) mass is 346 g/mol. The lowest BCUT2D eigenvalue weighted by Gasteiger charge is -2.22. The second kappa shape index (κ2) is 9.21. The van der Waals surface area contributed by atoms with Crippen LogP contribution in [0.5, 0.6) is 0 Å². The average Bonchev–Trinajstić information content (AvgIpc) is 3.45. The second-order valence-electron chi connectivity index (χ2n) is 7.71. The van der Waals surface area contributed by atoms with Crippen molar-refractivity contribution in [1.82, 2.24) is 5.32 Å². The molecular weight excluding hydrogens is 316 g/mol. The molecule has 5 heteroatoms. The van der Waals surface area contributed by atoms with Crippen LogP contribution in [0.4, 0.5) is 0 Å². The number of hydrogen-bond donors (Lipinski definition) is 2. The van der Waals surface area contributed by atoms with E-state index in [-0.39, 0.29) is 12.3 Å². The van der Waals surface area contributed by atoms with E-state index in [2.05, 4.69) is 16.2 Å². The largest absolute Gasteiger partial charge is 0.481 e. The van der Waals surface area contributed by atoms with Gasteiger partial charge in [-0.3, -0.25) is 4.79 Å². The molecule has 1 aliphatic heterocycles.